The second-order valence-corrected chi connectivity index (χ2v) is 11.9. The molecule has 0 bridgehead atoms. The topological polar surface area (TPSA) is 90.0 Å². The lowest BCUT2D eigenvalue weighted by atomic mass is 10.1. The number of benzene rings is 2. The highest BCUT2D eigenvalue weighted by atomic mass is 79.9. The van der Waals surface area contributed by atoms with E-state index in [0.717, 1.165) is 44.3 Å². The van der Waals surface area contributed by atoms with Crippen LogP contribution in [0.25, 0.3) is 0 Å². The molecule has 190 valence electrons. The zero-order chi connectivity index (χ0) is 25.6. The summed E-state index contributed by atoms with van der Waals surface area (Å²) in [5.41, 5.74) is 1.20. The molecule has 2 aromatic rings. The van der Waals surface area contributed by atoms with Gasteiger partial charge in [0.25, 0.3) is 0 Å². The number of halogens is 1. The number of carbonyl (C=O) groups is 2. The first-order chi connectivity index (χ1) is 16.6. The number of rotatable bonds is 10. The maximum absolute atomic E-state index is 13.7. The monoisotopic (exact) mass is 564 g/mol. The minimum atomic E-state index is -3.95. The van der Waals surface area contributed by atoms with Gasteiger partial charge in [-0.2, -0.15) is 12.7 Å². The molecule has 1 atom stereocenters. The van der Waals surface area contributed by atoms with Crippen LogP contribution in [-0.2, 0) is 26.3 Å². The van der Waals surface area contributed by atoms with Gasteiger partial charge in [-0.05, 0) is 49.6 Å². The van der Waals surface area contributed by atoms with Gasteiger partial charge in [0.05, 0.1) is 5.69 Å². The van der Waals surface area contributed by atoms with Crippen LogP contribution >= 0.6 is 15.9 Å². The average molecular weight is 566 g/mol. The largest absolute Gasteiger partial charge is 0.352 e. The molecule has 0 radical (unpaired) electrons. The van der Waals surface area contributed by atoms with Crippen LogP contribution in [-0.4, -0.2) is 62.2 Å². The first kappa shape index (κ1) is 27.2. The van der Waals surface area contributed by atoms with E-state index in [4.69, 9.17) is 0 Å². The first-order valence-electron chi connectivity index (χ1n) is 11.7. The van der Waals surface area contributed by atoms with E-state index in [0.29, 0.717) is 5.69 Å². The highest BCUT2D eigenvalue weighted by molar-refractivity contribution is 9.10. The van der Waals surface area contributed by atoms with Crippen molar-refractivity contribution >= 4 is 43.6 Å². The van der Waals surface area contributed by atoms with Crippen molar-refractivity contribution in [2.45, 2.75) is 51.2 Å². The number of hydrogen-bond donors (Lipinski definition) is 1. The summed E-state index contributed by atoms with van der Waals surface area (Å²) in [5, 5.41) is 3.06. The van der Waals surface area contributed by atoms with Crippen molar-refractivity contribution in [2.24, 2.45) is 0 Å². The molecule has 0 unspecified atom stereocenters. The summed E-state index contributed by atoms with van der Waals surface area (Å²) in [7, 11) is -1.11. The molecule has 1 saturated carbocycles. The zero-order valence-electron chi connectivity index (χ0n) is 20.4. The molecule has 0 aromatic heterocycles. The van der Waals surface area contributed by atoms with E-state index in [1.165, 1.54) is 19.0 Å². The standard InChI is InChI=1S/C25H33BrN4O4S/c1-19(25(32)27-22-12-7-8-13-22)29(17-20-10-9-11-21(26)16-20)24(31)18-30(35(33,34)28(2)3)23-14-5-4-6-15-23/h4-6,9-11,14-16,19,22H,7-8,12-13,17-18H2,1-3H3,(H,27,32)/t19-/m0/s1. The summed E-state index contributed by atoms with van der Waals surface area (Å²) < 4.78 is 29.2. The molecule has 10 heteroatoms. The zero-order valence-corrected chi connectivity index (χ0v) is 22.8. The lowest BCUT2D eigenvalue weighted by molar-refractivity contribution is -0.139. The summed E-state index contributed by atoms with van der Waals surface area (Å²) in [6.07, 6.45) is 4.02. The lowest BCUT2D eigenvalue weighted by Gasteiger charge is -2.33. The number of hydrogen-bond acceptors (Lipinski definition) is 4. The Hall–Kier alpha value is -2.43. The van der Waals surface area contributed by atoms with Crippen molar-refractivity contribution in [2.75, 3.05) is 24.9 Å². The van der Waals surface area contributed by atoms with Crippen molar-refractivity contribution in [3.8, 4) is 0 Å². The second kappa shape index (κ2) is 12.0. The fourth-order valence-electron chi connectivity index (χ4n) is 4.12. The van der Waals surface area contributed by atoms with Crippen LogP contribution in [0.1, 0.15) is 38.2 Å². The van der Waals surface area contributed by atoms with Gasteiger partial charge in [-0.15, -0.1) is 0 Å². The van der Waals surface area contributed by atoms with Crippen molar-refractivity contribution in [3.05, 3.63) is 64.6 Å². The molecular weight excluding hydrogens is 532 g/mol. The van der Waals surface area contributed by atoms with Gasteiger partial charge < -0.3 is 10.2 Å². The Labute approximate surface area is 216 Å². The summed E-state index contributed by atoms with van der Waals surface area (Å²) in [6.45, 7) is 1.43. The van der Waals surface area contributed by atoms with Crippen LogP contribution in [0.3, 0.4) is 0 Å². The Kier molecular flexibility index (Phi) is 9.32. The Morgan fingerprint density at radius 1 is 1.06 bits per heavy atom. The van der Waals surface area contributed by atoms with E-state index in [1.807, 2.05) is 24.3 Å². The van der Waals surface area contributed by atoms with Gasteiger partial charge >= 0.3 is 10.2 Å². The SMILES string of the molecule is C[C@@H](C(=O)NC1CCCC1)N(Cc1cccc(Br)c1)C(=O)CN(c1ccccc1)S(=O)(=O)N(C)C. The van der Waals surface area contributed by atoms with E-state index < -0.39 is 28.7 Å². The highest BCUT2D eigenvalue weighted by Crippen LogP contribution is 2.22. The molecular formula is C25H33BrN4O4S. The summed E-state index contributed by atoms with van der Waals surface area (Å²) >= 11 is 3.45. The molecule has 1 aliphatic carbocycles. The highest BCUT2D eigenvalue weighted by Gasteiger charge is 2.33. The number of nitrogens with zero attached hydrogens (tertiary/aromatic N) is 3. The van der Waals surface area contributed by atoms with Crippen molar-refractivity contribution < 1.29 is 18.0 Å². The van der Waals surface area contributed by atoms with Gasteiger partial charge in [-0.25, -0.2) is 4.31 Å². The normalized spacial score (nSPS) is 15.1. The molecule has 3 rings (SSSR count). The molecule has 1 fully saturated rings. The number of para-hydroxylation sites is 1. The first-order valence-corrected chi connectivity index (χ1v) is 13.9. The summed E-state index contributed by atoms with van der Waals surface area (Å²) in [5.74, 6) is -0.699. The fraction of sp³-hybridized carbons (Fsp3) is 0.440. The smallest absolute Gasteiger partial charge is 0.304 e. The van der Waals surface area contributed by atoms with Gasteiger partial charge in [-0.3, -0.25) is 9.59 Å². The molecule has 0 aliphatic heterocycles. The second-order valence-electron chi connectivity index (χ2n) is 8.95. The molecule has 0 spiro atoms. The predicted octanol–water partition coefficient (Wildman–Crippen LogP) is 3.54. The van der Waals surface area contributed by atoms with Crippen LogP contribution in [0, 0.1) is 0 Å². The van der Waals surface area contributed by atoms with Gasteiger partial charge in [0, 0.05) is 31.2 Å². The molecule has 8 nitrogen and oxygen atoms in total. The Balaban J connectivity index is 1.90. The molecule has 1 N–H and O–H groups in total. The molecule has 2 aromatic carbocycles. The number of nitrogens with one attached hydrogen (secondary N) is 1. The van der Waals surface area contributed by atoms with E-state index in [-0.39, 0.29) is 18.5 Å². The predicted molar refractivity (Wildman–Crippen MR) is 141 cm³/mol. The third-order valence-corrected chi connectivity index (χ3v) is 8.49. The maximum atomic E-state index is 13.7. The van der Waals surface area contributed by atoms with Crippen LogP contribution in [0.15, 0.2) is 59.1 Å². The Morgan fingerprint density at radius 2 is 1.71 bits per heavy atom. The molecule has 35 heavy (non-hydrogen) atoms. The van der Waals surface area contributed by atoms with Crippen molar-refractivity contribution in [3.63, 3.8) is 0 Å². The Morgan fingerprint density at radius 3 is 2.31 bits per heavy atom. The number of carbonyl (C=O) groups excluding carboxylic acids is 2. The minimum Gasteiger partial charge on any atom is -0.352 e. The van der Waals surface area contributed by atoms with E-state index in [2.05, 4.69) is 21.2 Å². The van der Waals surface area contributed by atoms with E-state index in [1.54, 1.807) is 37.3 Å². The van der Waals surface area contributed by atoms with Gasteiger partial charge in [-0.1, -0.05) is 59.1 Å². The van der Waals surface area contributed by atoms with E-state index >= 15 is 0 Å². The fourth-order valence-corrected chi connectivity index (χ4v) is 5.62. The van der Waals surface area contributed by atoms with Crippen molar-refractivity contribution in [1.29, 1.82) is 0 Å². The minimum absolute atomic E-state index is 0.114. The maximum Gasteiger partial charge on any atom is 0.304 e. The number of anilines is 1. The average Bonchev–Trinajstić information content (AvgIpc) is 3.33. The van der Waals surface area contributed by atoms with Crippen LogP contribution in [0.2, 0.25) is 0 Å². The van der Waals surface area contributed by atoms with Gasteiger partial charge in [0.15, 0.2) is 0 Å². The summed E-state index contributed by atoms with van der Waals surface area (Å²) in [6, 6.07) is 15.3. The quantitative estimate of drug-likeness (QED) is 0.478. The van der Waals surface area contributed by atoms with E-state index in [9.17, 15) is 18.0 Å². The third-order valence-electron chi connectivity index (χ3n) is 6.17. The third kappa shape index (κ3) is 7.05. The molecule has 1 aliphatic rings. The van der Waals surface area contributed by atoms with Gasteiger partial charge in [0.2, 0.25) is 11.8 Å². The van der Waals surface area contributed by atoms with Crippen LogP contribution in [0.4, 0.5) is 5.69 Å². The van der Waals surface area contributed by atoms with Crippen LogP contribution in [0.5, 0.6) is 0 Å². The molecule has 0 saturated heterocycles. The molecule has 2 amide bonds. The summed E-state index contributed by atoms with van der Waals surface area (Å²) in [4.78, 5) is 28.2. The lowest BCUT2D eigenvalue weighted by Crippen LogP contribution is -2.53. The van der Waals surface area contributed by atoms with Gasteiger partial charge in [0.1, 0.15) is 12.6 Å². The Bertz CT molecular complexity index is 1120. The number of amides is 2. The van der Waals surface area contributed by atoms with Crippen molar-refractivity contribution in [1.82, 2.24) is 14.5 Å². The van der Waals surface area contributed by atoms with Crippen LogP contribution < -0.4 is 9.62 Å². The molecule has 0 heterocycles.